The van der Waals surface area contributed by atoms with Crippen LogP contribution < -0.4 is 0 Å². The molecule has 56 valence electrons. The average Bonchev–Trinajstić information content (AvgIpc) is 1.85. The lowest BCUT2D eigenvalue weighted by Gasteiger charge is -2.47. The van der Waals surface area contributed by atoms with Crippen LogP contribution in [0.5, 0.6) is 0 Å². The van der Waals surface area contributed by atoms with Crippen LogP contribution >= 0.6 is 0 Å². The summed E-state index contributed by atoms with van der Waals surface area (Å²) in [6, 6.07) is 0. The zero-order valence-corrected chi connectivity index (χ0v) is 6.90. The molecule has 2 heterocycles. The standard InChI is InChI=1S/C8H16BN/c1-10-6-2-3-8(7-10)4-5-9-8/h9H,2-7H2,1H3. The summed E-state index contributed by atoms with van der Waals surface area (Å²) in [5.74, 6) is 0. The van der Waals surface area contributed by atoms with Gasteiger partial charge in [0.1, 0.15) is 7.28 Å². The number of piperidine rings is 1. The molecule has 1 nitrogen and oxygen atoms in total. The van der Waals surface area contributed by atoms with Crippen LogP contribution in [0.3, 0.4) is 0 Å². The van der Waals surface area contributed by atoms with Crippen molar-refractivity contribution in [1.82, 2.24) is 4.90 Å². The maximum Gasteiger partial charge on any atom is 0.129 e. The van der Waals surface area contributed by atoms with E-state index in [-0.39, 0.29) is 0 Å². The Bertz CT molecular complexity index is 131. The number of hydrogen-bond donors (Lipinski definition) is 0. The van der Waals surface area contributed by atoms with E-state index >= 15 is 0 Å². The third-order valence-corrected chi connectivity index (χ3v) is 3.27. The molecule has 0 saturated carbocycles. The van der Waals surface area contributed by atoms with Crippen molar-refractivity contribution < 1.29 is 0 Å². The number of hydrogen-bond acceptors (Lipinski definition) is 1. The van der Waals surface area contributed by atoms with Gasteiger partial charge in [0, 0.05) is 0 Å². The summed E-state index contributed by atoms with van der Waals surface area (Å²) in [5.41, 5.74) is 0. The van der Waals surface area contributed by atoms with E-state index in [4.69, 9.17) is 0 Å². The van der Waals surface area contributed by atoms with Crippen LogP contribution in [0.4, 0.5) is 0 Å². The van der Waals surface area contributed by atoms with Crippen LogP contribution in [0.15, 0.2) is 0 Å². The molecule has 2 rings (SSSR count). The van der Waals surface area contributed by atoms with Gasteiger partial charge in [0.25, 0.3) is 0 Å². The second kappa shape index (κ2) is 2.26. The summed E-state index contributed by atoms with van der Waals surface area (Å²) >= 11 is 0. The fourth-order valence-corrected chi connectivity index (χ4v) is 2.54. The van der Waals surface area contributed by atoms with Gasteiger partial charge in [-0.3, -0.25) is 0 Å². The maximum atomic E-state index is 2.50. The first-order valence-corrected chi connectivity index (χ1v) is 4.49. The highest BCUT2D eigenvalue weighted by Gasteiger charge is 2.40. The first-order chi connectivity index (χ1) is 4.81. The van der Waals surface area contributed by atoms with Gasteiger partial charge in [0.2, 0.25) is 0 Å². The highest BCUT2D eigenvalue weighted by molar-refractivity contribution is 6.44. The van der Waals surface area contributed by atoms with Crippen molar-refractivity contribution in [1.29, 1.82) is 0 Å². The van der Waals surface area contributed by atoms with E-state index in [0.29, 0.717) is 0 Å². The van der Waals surface area contributed by atoms with Crippen molar-refractivity contribution in [2.75, 3.05) is 20.1 Å². The predicted octanol–water partition coefficient (Wildman–Crippen LogP) is 1.13. The van der Waals surface area contributed by atoms with Gasteiger partial charge in [-0.05, 0) is 31.9 Å². The van der Waals surface area contributed by atoms with Crippen molar-refractivity contribution in [3.8, 4) is 0 Å². The third kappa shape index (κ3) is 0.988. The van der Waals surface area contributed by atoms with Gasteiger partial charge in [0.15, 0.2) is 0 Å². The third-order valence-electron chi connectivity index (χ3n) is 3.27. The molecule has 1 atom stereocenters. The van der Waals surface area contributed by atoms with Crippen molar-refractivity contribution in [3.05, 3.63) is 0 Å². The molecule has 0 aliphatic carbocycles. The second-order valence-electron chi connectivity index (χ2n) is 4.19. The molecule has 2 saturated heterocycles. The Morgan fingerprint density at radius 1 is 1.40 bits per heavy atom. The fourth-order valence-electron chi connectivity index (χ4n) is 2.54. The summed E-state index contributed by atoms with van der Waals surface area (Å²) in [5, 5.41) is 0.799. The molecule has 2 aliphatic rings. The molecule has 2 fully saturated rings. The van der Waals surface area contributed by atoms with Gasteiger partial charge >= 0.3 is 0 Å². The van der Waals surface area contributed by atoms with E-state index in [0.717, 1.165) is 5.31 Å². The van der Waals surface area contributed by atoms with E-state index < -0.39 is 0 Å². The van der Waals surface area contributed by atoms with Gasteiger partial charge in [-0.2, -0.15) is 0 Å². The Labute approximate surface area is 64.0 Å². The van der Waals surface area contributed by atoms with E-state index in [2.05, 4.69) is 11.9 Å². The SMILES string of the molecule is CN1CCCC2(BCC2)C1. The Hall–Kier alpha value is 0.0249. The molecule has 0 N–H and O–H groups in total. The zero-order valence-electron chi connectivity index (χ0n) is 6.90. The second-order valence-corrected chi connectivity index (χ2v) is 4.19. The van der Waals surface area contributed by atoms with E-state index in [9.17, 15) is 0 Å². The van der Waals surface area contributed by atoms with Gasteiger partial charge in [-0.1, -0.05) is 19.2 Å². The normalized spacial score (nSPS) is 40.9. The molecule has 1 spiro atoms. The monoisotopic (exact) mass is 137 g/mol. The van der Waals surface area contributed by atoms with Gasteiger partial charge in [-0.25, -0.2) is 0 Å². The van der Waals surface area contributed by atoms with Crippen LogP contribution in [0.25, 0.3) is 0 Å². The van der Waals surface area contributed by atoms with Crippen molar-refractivity contribution in [2.24, 2.45) is 0 Å². The lowest BCUT2D eigenvalue weighted by Crippen LogP contribution is -2.44. The summed E-state index contributed by atoms with van der Waals surface area (Å²) in [7, 11) is 3.77. The molecular weight excluding hydrogens is 121 g/mol. The minimum atomic E-state index is 0.799. The molecule has 0 radical (unpaired) electrons. The van der Waals surface area contributed by atoms with Crippen molar-refractivity contribution >= 4 is 7.28 Å². The Balaban J connectivity index is 1.96. The Morgan fingerprint density at radius 2 is 2.20 bits per heavy atom. The fraction of sp³-hybridized carbons (Fsp3) is 1.00. The Morgan fingerprint density at radius 3 is 2.60 bits per heavy atom. The quantitative estimate of drug-likeness (QED) is 0.452. The van der Waals surface area contributed by atoms with Gasteiger partial charge < -0.3 is 4.90 Å². The van der Waals surface area contributed by atoms with Crippen molar-refractivity contribution in [2.45, 2.75) is 30.9 Å². The number of likely N-dealkylation sites (tertiary alicyclic amines) is 1. The van der Waals surface area contributed by atoms with Crippen LogP contribution in [0, 0.1) is 0 Å². The van der Waals surface area contributed by atoms with Gasteiger partial charge in [0.05, 0.1) is 0 Å². The highest BCUT2D eigenvalue weighted by atomic mass is 15.1. The van der Waals surface area contributed by atoms with Crippen LogP contribution in [-0.4, -0.2) is 32.3 Å². The minimum absolute atomic E-state index is 0.799. The molecule has 0 aromatic heterocycles. The summed E-state index contributed by atoms with van der Waals surface area (Å²) in [4.78, 5) is 2.50. The smallest absolute Gasteiger partial charge is 0.129 e. The predicted molar refractivity (Wildman–Crippen MR) is 46.0 cm³/mol. The molecule has 0 aromatic carbocycles. The first-order valence-electron chi connectivity index (χ1n) is 4.49. The summed E-state index contributed by atoms with van der Waals surface area (Å²) in [6.45, 7) is 2.72. The van der Waals surface area contributed by atoms with E-state index in [1.807, 2.05) is 0 Å². The van der Waals surface area contributed by atoms with E-state index in [1.165, 1.54) is 46.0 Å². The molecule has 0 amide bonds. The molecule has 2 aliphatic heterocycles. The summed E-state index contributed by atoms with van der Waals surface area (Å²) < 4.78 is 0. The topological polar surface area (TPSA) is 3.24 Å². The largest absolute Gasteiger partial charge is 0.307 e. The highest BCUT2D eigenvalue weighted by Crippen LogP contribution is 2.48. The lowest BCUT2D eigenvalue weighted by molar-refractivity contribution is 0.203. The Kier molecular flexibility index (Phi) is 1.52. The summed E-state index contributed by atoms with van der Waals surface area (Å²) in [6.07, 6.45) is 5.96. The molecular formula is C8H16BN. The minimum Gasteiger partial charge on any atom is -0.307 e. The molecule has 1 unspecified atom stereocenters. The van der Waals surface area contributed by atoms with Crippen LogP contribution in [0.1, 0.15) is 19.3 Å². The van der Waals surface area contributed by atoms with Crippen molar-refractivity contribution in [3.63, 3.8) is 0 Å². The zero-order chi connectivity index (χ0) is 7.03. The lowest BCUT2D eigenvalue weighted by atomic mass is 9.36. The molecule has 2 heteroatoms. The first kappa shape index (κ1) is 6.72. The van der Waals surface area contributed by atoms with Crippen LogP contribution in [-0.2, 0) is 0 Å². The van der Waals surface area contributed by atoms with E-state index in [1.54, 1.807) is 0 Å². The van der Waals surface area contributed by atoms with Crippen LogP contribution in [0.2, 0.25) is 11.6 Å². The molecule has 0 bridgehead atoms. The maximum absolute atomic E-state index is 2.50. The number of rotatable bonds is 0. The molecule has 0 aromatic rings. The number of nitrogens with zero attached hydrogens (tertiary/aromatic N) is 1. The van der Waals surface area contributed by atoms with Gasteiger partial charge in [-0.15, -0.1) is 0 Å². The average molecular weight is 137 g/mol. The molecule has 10 heavy (non-hydrogen) atoms.